The third-order valence-electron chi connectivity index (χ3n) is 5.81. The van der Waals surface area contributed by atoms with Gasteiger partial charge >= 0.3 is 11.9 Å². The van der Waals surface area contributed by atoms with Gasteiger partial charge in [-0.2, -0.15) is 0 Å². The molecule has 1 heterocycles. The Morgan fingerprint density at radius 2 is 1.41 bits per heavy atom. The molecule has 0 aliphatic carbocycles. The van der Waals surface area contributed by atoms with Crippen LogP contribution < -0.4 is 0 Å². The van der Waals surface area contributed by atoms with Crippen LogP contribution in [0.1, 0.15) is 123 Å². The molecule has 1 aromatic heterocycles. The van der Waals surface area contributed by atoms with Crippen LogP contribution in [0.3, 0.4) is 0 Å². The zero-order valence-corrected chi connectivity index (χ0v) is 24.0. The molecule has 1 N–H and O–H groups in total. The molecule has 1 aromatic rings. The Morgan fingerprint density at radius 3 is 1.92 bits per heavy atom. The number of aromatic nitrogens is 1. The Hall–Kier alpha value is -2.21. The second kappa shape index (κ2) is 25.4. The van der Waals surface area contributed by atoms with Gasteiger partial charge in [0.1, 0.15) is 0 Å². The maximum atomic E-state index is 11.7. The minimum Gasteiger partial charge on any atom is -0.481 e. The van der Waals surface area contributed by atoms with Gasteiger partial charge in [0, 0.05) is 25.2 Å². The molecule has 0 amide bonds. The van der Waals surface area contributed by atoms with Crippen molar-refractivity contribution in [1.29, 1.82) is 0 Å². The number of esters is 1. The topological polar surface area (TPSA) is 85.7 Å². The average molecular weight is 520 g/mol. The van der Waals surface area contributed by atoms with Crippen LogP contribution in [-0.2, 0) is 25.5 Å². The lowest BCUT2D eigenvalue weighted by atomic mass is 10.1. The van der Waals surface area contributed by atoms with Crippen LogP contribution in [0.25, 0.3) is 0 Å². The zero-order chi connectivity index (χ0) is 27.6. The van der Waals surface area contributed by atoms with Gasteiger partial charge in [-0.25, -0.2) is 4.79 Å². The molecule has 6 nitrogen and oxygen atoms in total. The Morgan fingerprint density at radius 1 is 0.865 bits per heavy atom. The summed E-state index contributed by atoms with van der Waals surface area (Å²) in [5.74, 6) is -0.972. The van der Waals surface area contributed by atoms with Crippen molar-refractivity contribution in [3.8, 4) is 0 Å². The number of allylic oxidation sites excluding steroid dienone is 2. The summed E-state index contributed by atoms with van der Waals surface area (Å²) in [6, 6.07) is 3.74. The first-order chi connectivity index (χ1) is 17.9. The van der Waals surface area contributed by atoms with Crippen molar-refractivity contribution in [2.75, 3.05) is 6.61 Å². The number of nitrogens with zero attached hydrogens (tertiary/aromatic N) is 1. The van der Waals surface area contributed by atoms with Crippen LogP contribution in [0.15, 0.2) is 36.7 Å². The number of carboxylic acid groups (broad SMARTS) is 1. The molecule has 1 atom stereocenters. The number of carbonyl (C=O) groups excluding carboxylic acids is 1. The van der Waals surface area contributed by atoms with Gasteiger partial charge in [0.15, 0.2) is 6.10 Å². The number of ether oxygens (including phenoxy) is 2. The van der Waals surface area contributed by atoms with Crippen molar-refractivity contribution in [3.05, 3.63) is 42.2 Å². The van der Waals surface area contributed by atoms with E-state index in [4.69, 9.17) is 14.6 Å². The van der Waals surface area contributed by atoms with Gasteiger partial charge in [-0.05, 0) is 70.6 Å². The van der Waals surface area contributed by atoms with Gasteiger partial charge in [-0.3, -0.25) is 9.78 Å². The highest BCUT2D eigenvalue weighted by molar-refractivity contribution is 5.75. The van der Waals surface area contributed by atoms with E-state index in [0.717, 1.165) is 18.4 Å². The Balaban J connectivity index is 0.000000708. The number of rotatable bonds is 21. The summed E-state index contributed by atoms with van der Waals surface area (Å²) < 4.78 is 10.6. The van der Waals surface area contributed by atoms with E-state index in [1.54, 1.807) is 19.3 Å². The fourth-order valence-corrected chi connectivity index (χ4v) is 3.83. The number of carboxylic acids is 1. The first-order valence-corrected chi connectivity index (χ1v) is 14.5. The second-order valence-electron chi connectivity index (χ2n) is 9.71. The number of aliphatic carboxylic acids is 1. The highest BCUT2D eigenvalue weighted by Gasteiger charge is 2.22. The predicted octanol–water partition coefficient (Wildman–Crippen LogP) is 8.09. The maximum absolute atomic E-state index is 11.7. The van der Waals surface area contributed by atoms with Gasteiger partial charge in [0.25, 0.3) is 0 Å². The van der Waals surface area contributed by atoms with Crippen LogP contribution in [0, 0.1) is 0 Å². The maximum Gasteiger partial charge on any atom is 0.335 e. The Bertz CT molecular complexity index is 690. The summed E-state index contributed by atoms with van der Waals surface area (Å²) in [6.45, 7) is 8.22. The summed E-state index contributed by atoms with van der Waals surface area (Å²) in [5.41, 5.74) is 1.01. The predicted molar refractivity (Wildman–Crippen MR) is 152 cm³/mol. The molecule has 0 fully saturated rings. The monoisotopic (exact) mass is 519 g/mol. The van der Waals surface area contributed by atoms with Crippen molar-refractivity contribution in [2.45, 2.75) is 136 Å². The van der Waals surface area contributed by atoms with Crippen LogP contribution in [-0.4, -0.2) is 40.8 Å². The first kappa shape index (κ1) is 34.8. The third-order valence-corrected chi connectivity index (χ3v) is 5.81. The van der Waals surface area contributed by atoms with E-state index in [9.17, 15) is 9.59 Å². The fourth-order valence-electron chi connectivity index (χ4n) is 3.83. The molecule has 0 aliphatic heterocycles. The quantitative estimate of drug-likeness (QED) is 0.100. The normalized spacial score (nSPS) is 11.8. The van der Waals surface area contributed by atoms with Crippen LogP contribution >= 0.6 is 0 Å². The zero-order valence-electron chi connectivity index (χ0n) is 24.0. The molecule has 0 bridgehead atoms. The van der Waals surface area contributed by atoms with Crippen molar-refractivity contribution in [3.63, 3.8) is 0 Å². The summed E-state index contributed by atoms with van der Waals surface area (Å²) in [7, 11) is 0. The standard InChI is InChI=1S/C18H34O2.C13H19NO3/c1-2-3-4-5-6-7-8-9-10-11-12-13-14-15-16-17-18(19)20;1-4-16-13(15)12(17-10(2)3)9-11-5-7-14-8-6-11/h9-10H,2-8,11-17H2,1H3,(H,19,20);5-8,10,12H,4,9H2,1-3H3. The average Bonchev–Trinajstić information content (AvgIpc) is 2.87. The molecule has 0 spiro atoms. The van der Waals surface area contributed by atoms with E-state index in [1.807, 2.05) is 26.0 Å². The molecule has 1 rings (SSSR count). The summed E-state index contributed by atoms with van der Waals surface area (Å²) in [5, 5.41) is 8.51. The molecule has 0 aliphatic rings. The lowest BCUT2D eigenvalue weighted by Gasteiger charge is -2.18. The van der Waals surface area contributed by atoms with Gasteiger partial charge in [-0.1, -0.05) is 70.4 Å². The van der Waals surface area contributed by atoms with Crippen LogP contribution in [0.2, 0.25) is 0 Å². The van der Waals surface area contributed by atoms with Crippen molar-refractivity contribution >= 4 is 11.9 Å². The number of hydrogen-bond donors (Lipinski definition) is 1. The molecular formula is C31H53NO5. The Labute approximate surface area is 226 Å². The van der Waals surface area contributed by atoms with Crippen LogP contribution in [0.5, 0.6) is 0 Å². The van der Waals surface area contributed by atoms with E-state index in [2.05, 4.69) is 24.1 Å². The summed E-state index contributed by atoms with van der Waals surface area (Å²) >= 11 is 0. The highest BCUT2D eigenvalue weighted by atomic mass is 16.6. The lowest BCUT2D eigenvalue weighted by molar-refractivity contribution is -0.159. The number of unbranched alkanes of at least 4 members (excludes halogenated alkanes) is 11. The fraction of sp³-hybridized carbons (Fsp3) is 0.710. The minimum atomic E-state index is -0.664. The lowest BCUT2D eigenvalue weighted by Crippen LogP contribution is -2.31. The molecule has 0 radical (unpaired) electrons. The molecular weight excluding hydrogens is 466 g/mol. The minimum absolute atomic E-state index is 0.00811. The van der Waals surface area contributed by atoms with Crippen molar-refractivity contribution in [2.24, 2.45) is 0 Å². The van der Waals surface area contributed by atoms with E-state index < -0.39 is 12.1 Å². The largest absolute Gasteiger partial charge is 0.481 e. The molecule has 6 heteroatoms. The SMILES string of the molecule is CCCCCCCCC=CCCCCCCCC(=O)O.CCOC(=O)C(Cc1ccncc1)OC(C)C. The third kappa shape index (κ3) is 23.9. The van der Waals surface area contributed by atoms with E-state index in [-0.39, 0.29) is 12.1 Å². The molecule has 212 valence electrons. The Kier molecular flexibility index (Phi) is 23.9. The summed E-state index contributed by atoms with van der Waals surface area (Å²) in [4.78, 5) is 26.0. The van der Waals surface area contributed by atoms with E-state index in [0.29, 0.717) is 19.4 Å². The van der Waals surface area contributed by atoms with Gasteiger partial charge in [-0.15, -0.1) is 0 Å². The number of hydrogen-bond acceptors (Lipinski definition) is 5. The first-order valence-electron chi connectivity index (χ1n) is 14.5. The molecule has 0 saturated heterocycles. The molecule has 0 saturated carbocycles. The molecule has 37 heavy (non-hydrogen) atoms. The van der Waals surface area contributed by atoms with Crippen LogP contribution in [0.4, 0.5) is 0 Å². The smallest absolute Gasteiger partial charge is 0.335 e. The molecule has 0 aromatic carbocycles. The van der Waals surface area contributed by atoms with Gasteiger partial charge < -0.3 is 14.6 Å². The number of carbonyl (C=O) groups is 2. The van der Waals surface area contributed by atoms with E-state index >= 15 is 0 Å². The summed E-state index contributed by atoms with van der Waals surface area (Å²) in [6.07, 6.45) is 24.6. The van der Waals surface area contributed by atoms with E-state index in [1.165, 1.54) is 70.6 Å². The van der Waals surface area contributed by atoms with Crippen molar-refractivity contribution < 1.29 is 24.2 Å². The van der Waals surface area contributed by atoms with Gasteiger partial charge in [0.2, 0.25) is 0 Å². The number of pyridine rings is 1. The molecule has 1 unspecified atom stereocenters. The second-order valence-corrected chi connectivity index (χ2v) is 9.71. The highest BCUT2D eigenvalue weighted by Crippen LogP contribution is 2.11. The van der Waals surface area contributed by atoms with Gasteiger partial charge in [0.05, 0.1) is 12.7 Å². The van der Waals surface area contributed by atoms with Crippen molar-refractivity contribution in [1.82, 2.24) is 4.98 Å².